The number of carbonyl (C=O) groups is 1. The van der Waals surface area contributed by atoms with Crippen LogP contribution in [0.2, 0.25) is 5.02 Å². The number of hydrogen-bond acceptors (Lipinski definition) is 4. The van der Waals surface area contributed by atoms with Crippen LogP contribution >= 0.6 is 11.6 Å². The van der Waals surface area contributed by atoms with E-state index in [1.807, 2.05) is 26.0 Å². The Kier molecular flexibility index (Phi) is 5.00. The Balaban J connectivity index is 1.62. The summed E-state index contributed by atoms with van der Waals surface area (Å²) in [6, 6.07) is 7.03. The fourth-order valence-electron chi connectivity index (χ4n) is 2.57. The van der Waals surface area contributed by atoms with Crippen molar-refractivity contribution in [2.75, 3.05) is 6.61 Å². The summed E-state index contributed by atoms with van der Waals surface area (Å²) in [5, 5.41) is 3.66. The summed E-state index contributed by atoms with van der Waals surface area (Å²) in [5.74, 6) is 1.57. The van der Waals surface area contributed by atoms with Gasteiger partial charge in [-0.25, -0.2) is 9.97 Å². The maximum atomic E-state index is 12.3. The molecule has 1 amide bonds. The molecule has 0 bridgehead atoms. The predicted octanol–water partition coefficient (Wildman–Crippen LogP) is 3.39. The molecule has 1 aromatic carbocycles. The summed E-state index contributed by atoms with van der Waals surface area (Å²) in [5.41, 5.74) is 1.80. The molecule has 1 N–H and O–H groups in total. The molecular weight excluding hydrogens is 326 g/mol. The minimum atomic E-state index is -0.175. The largest absolute Gasteiger partial charge is 0.484 e. The zero-order valence-electron chi connectivity index (χ0n) is 13.8. The number of carbonyl (C=O) groups excluding carboxylic acids is 1. The summed E-state index contributed by atoms with van der Waals surface area (Å²) >= 11 is 5.92. The van der Waals surface area contributed by atoms with E-state index in [0.29, 0.717) is 22.5 Å². The molecule has 0 saturated heterocycles. The van der Waals surface area contributed by atoms with Gasteiger partial charge in [0, 0.05) is 16.9 Å². The van der Waals surface area contributed by atoms with Crippen molar-refractivity contribution in [1.29, 1.82) is 0 Å². The molecule has 1 heterocycles. The van der Waals surface area contributed by atoms with Crippen molar-refractivity contribution < 1.29 is 9.53 Å². The maximum Gasteiger partial charge on any atom is 0.258 e. The van der Waals surface area contributed by atoms with Gasteiger partial charge in [-0.15, -0.1) is 0 Å². The number of hydrogen-bond donors (Lipinski definition) is 1. The Morgan fingerprint density at radius 2 is 2.17 bits per heavy atom. The van der Waals surface area contributed by atoms with Crippen LogP contribution in [-0.2, 0) is 4.79 Å². The molecule has 6 heteroatoms. The first kappa shape index (κ1) is 16.7. The van der Waals surface area contributed by atoms with Gasteiger partial charge < -0.3 is 10.1 Å². The van der Waals surface area contributed by atoms with E-state index in [4.69, 9.17) is 16.3 Å². The van der Waals surface area contributed by atoms with Gasteiger partial charge in [-0.2, -0.15) is 0 Å². The van der Waals surface area contributed by atoms with Crippen LogP contribution in [0.3, 0.4) is 0 Å². The highest BCUT2D eigenvalue weighted by Crippen LogP contribution is 2.39. The zero-order valence-corrected chi connectivity index (χ0v) is 14.5. The topological polar surface area (TPSA) is 64.1 Å². The summed E-state index contributed by atoms with van der Waals surface area (Å²) in [4.78, 5) is 21.0. The molecule has 2 aromatic rings. The molecule has 1 aromatic heterocycles. The van der Waals surface area contributed by atoms with Crippen LogP contribution in [0.5, 0.6) is 5.75 Å². The highest BCUT2D eigenvalue weighted by Gasteiger charge is 2.35. The molecule has 1 fully saturated rings. The predicted molar refractivity (Wildman–Crippen MR) is 92.1 cm³/mol. The number of aromatic nitrogens is 2. The van der Waals surface area contributed by atoms with Crippen LogP contribution in [0.15, 0.2) is 30.5 Å². The fraction of sp³-hybridized carbons (Fsp3) is 0.389. The number of ether oxygens (including phenoxy) is 1. The molecule has 0 spiro atoms. The van der Waals surface area contributed by atoms with Crippen LogP contribution in [0.1, 0.15) is 36.0 Å². The van der Waals surface area contributed by atoms with E-state index in [1.54, 1.807) is 18.3 Å². The van der Waals surface area contributed by atoms with Crippen molar-refractivity contribution >= 4 is 17.5 Å². The van der Waals surface area contributed by atoms with Crippen LogP contribution in [0.4, 0.5) is 0 Å². The van der Waals surface area contributed by atoms with Gasteiger partial charge in [0.25, 0.3) is 5.91 Å². The van der Waals surface area contributed by atoms with E-state index in [9.17, 15) is 4.79 Å². The number of nitrogens with one attached hydrogen (secondary N) is 1. The number of halogens is 1. The average Bonchev–Trinajstić information content (AvgIpc) is 3.36. The second-order valence-electron chi connectivity index (χ2n) is 6.14. The third-order valence-electron chi connectivity index (χ3n) is 4.00. The average molecular weight is 346 g/mol. The quantitative estimate of drug-likeness (QED) is 0.871. The standard InChI is InChI=1S/C18H20ClN3O2/c1-11-9-14(19)5-6-15(11)24-10-16(23)22-17(13-3-4-13)18-20-8-7-12(2)21-18/h5-9,13,17H,3-4,10H2,1-2H3,(H,22,23)/t17-/m1/s1. The Labute approximate surface area is 146 Å². The van der Waals surface area contributed by atoms with Gasteiger partial charge in [-0.05, 0) is 62.4 Å². The van der Waals surface area contributed by atoms with Crippen molar-refractivity contribution in [3.8, 4) is 5.75 Å². The van der Waals surface area contributed by atoms with E-state index < -0.39 is 0 Å². The molecule has 126 valence electrons. The second-order valence-corrected chi connectivity index (χ2v) is 6.57. The molecule has 24 heavy (non-hydrogen) atoms. The lowest BCUT2D eigenvalue weighted by Crippen LogP contribution is -2.34. The van der Waals surface area contributed by atoms with Crippen molar-refractivity contribution in [3.63, 3.8) is 0 Å². The monoisotopic (exact) mass is 345 g/mol. The SMILES string of the molecule is Cc1ccnc([C@H](NC(=O)COc2ccc(Cl)cc2C)C2CC2)n1. The maximum absolute atomic E-state index is 12.3. The van der Waals surface area contributed by atoms with Crippen molar-refractivity contribution in [3.05, 3.63) is 52.6 Å². The minimum absolute atomic E-state index is 0.0441. The molecule has 0 unspecified atom stereocenters. The minimum Gasteiger partial charge on any atom is -0.484 e. The fourth-order valence-corrected chi connectivity index (χ4v) is 2.80. The third kappa shape index (κ3) is 4.23. The van der Waals surface area contributed by atoms with Gasteiger partial charge >= 0.3 is 0 Å². The van der Waals surface area contributed by atoms with Crippen LogP contribution in [0, 0.1) is 19.8 Å². The van der Waals surface area contributed by atoms with E-state index >= 15 is 0 Å². The Morgan fingerprint density at radius 1 is 1.38 bits per heavy atom. The Hall–Kier alpha value is -2.14. The van der Waals surface area contributed by atoms with E-state index in [2.05, 4.69) is 15.3 Å². The number of nitrogens with zero attached hydrogens (tertiary/aromatic N) is 2. The van der Waals surface area contributed by atoms with Gasteiger partial charge in [0.1, 0.15) is 5.75 Å². The van der Waals surface area contributed by atoms with Gasteiger partial charge in [-0.3, -0.25) is 4.79 Å². The van der Waals surface area contributed by atoms with Crippen LogP contribution in [0.25, 0.3) is 0 Å². The lowest BCUT2D eigenvalue weighted by molar-refractivity contribution is -0.124. The smallest absolute Gasteiger partial charge is 0.258 e. The first-order valence-corrected chi connectivity index (χ1v) is 8.38. The lowest BCUT2D eigenvalue weighted by atomic mass is 10.1. The van der Waals surface area contributed by atoms with Gasteiger partial charge in [0.2, 0.25) is 0 Å². The highest BCUT2D eigenvalue weighted by atomic mass is 35.5. The van der Waals surface area contributed by atoms with Gasteiger partial charge in [0.15, 0.2) is 12.4 Å². The number of amides is 1. The number of aryl methyl sites for hydroxylation is 2. The summed E-state index contributed by atoms with van der Waals surface area (Å²) in [7, 11) is 0. The first-order chi connectivity index (χ1) is 11.5. The Bertz CT molecular complexity index is 747. The van der Waals surface area contributed by atoms with Crippen LogP contribution < -0.4 is 10.1 Å². The second kappa shape index (κ2) is 7.18. The normalized spacial score (nSPS) is 15.0. The molecular formula is C18H20ClN3O2. The number of benzene rings is 1. The van der Waals surface area contributed by atoms with Crippen molar-refractivity contribution in [2.24, 2.45) is 5.92 Å². The van der Waals surface area contributed by atoms with Crippen LogP contribution in [-0.4, -0.2) is 22.5 Å². The molecule has 3 rings (SSSR count). The molecule has 5 nitrogen and oxygen atoms in total. The molecule has 1 aliphatic carbocycles. The molecule has 1 atom stereocenters. The summed E-state index contributed by atoms with van der Waals surface area (Å²) in [6.07, 6.45) is 3.89. The highest BCUT2D eigenvalue weighted by molar-refractivity contribution is 6.30. The van der Waals surface area contributed by atoms with Crippen molar-refractivity contribution in [1.82, 2.24) is 15.3 Å². The lowest BCUT2D eigenvalue weighted by Gasteiger charge is -2.17. The zero-order chi connectivity index (χ0) is 17.1. The van der Waals surface area contributed by atoms with E-state index in [-0.39, 0.29) is 18.6 Å². The summed E-state index contributed by atoms with van der Waals surface area (Å²) in [6.45, 7) is 3.77. The van der Waals surface area contributed by atoms with Gasteiger partial charge in [-0.1, -0.05) is 11.6 Å². The van der Waals surface area contributed by atoms with E-state index in [1.165, 1.54) is 0 Å². The molecule has 0 aliphatic heterocycles. The Morgan fingerprint density at radius 3 is 2.83 bits per heavy atom. The van der Waals surface area contributed by atoms with Crippen molar-refractivity contribution in [2.45, 2.75) is 32.7 Å². The molecule has 1 saturated carbocycles. The molecule has 0 radical (unpaired) electrons. The first-order valence-electron chi connectivity index (χ1n) is 8.01. The summed E-state index contributed by atoms with van der Waals surface area (Å²) < 4.78 is 5.60. The number of rotatable bonds is 6. The van der Waals surface area contributed by atoms with E-state index in [0.717, 1.165) is 24.1 Å². The van der Waals surface area contributed by atoms with Gasteiger partial charge in [0.05, 0.1) is 6.04 Å². The molecule has 1 aliphatic rings. The third-order valence-corrected chi connectivity index (χ3v) is 4.23.